The molecule has 1 saturated heterocycles. The third kappa shape index (κ3) is 4.68. The van der Waals surface area contributed by atoms with E-state index in [4.69, 9.17) is 8.92 Å². The summed E-state index contributed by atoms with van der Waals surface area (Å²) < 4.78 is 35.8. The van der Waals surface area contributed by atoms with E-state index in [-0.39, 0.29) is 17.1 Å². The van der Waals surface area contributed by atoms with E-state index in [1.54, 1.807) is 30.3 Å². The maximum absolute atomic E-state index is 12.8. The quantitative estimate of drug-likeness (QED) is 0.173. The molecule has 0 aliphatic carbocycles. The number of nitrogens with one attached hydrogen (secondary N) is 1. The zero-order valence-electron chi connectivity index (χ0n) is 18.1. The Bertz CT molecular complexity index is 1470. The van der Waals surface area contributed by atoms with Crippen molar-refractivity contribution in [3.8, 4) is 11.5 Å². The Morgan fingerprint density at radius 3 is 2.34 bits per heavy atom. The van der Waals surface area contributed by atoms with Gasteiger partial charge in [-0.25, -0.2) is 5.01 Å². The van der Waals surface area contributed by atoms with Gasteiger partial charge in [-0.2, -0.15) is 8.42 Å². The molecule has 0 unspecified atom stereocenters. The van der Waals surface area contributed by atoms with Crippen LogP contribution >= 0.6 is 0 Å². The minimum atomic E-state index is -4.57. The number of nitrogens with zero attached hydrogens (tertiary/aromatic N) is 2. The molecule has 11 nitrogen and oxygen atoms in total. The standard InChI is InChI=1S/C23H17N3O8S/c1-33-20-14-15(13-17-22(27)24-25(23(17)28)16-7-3-2-4-8-16)11-12-19(20)34-35(31,32)21-10-6-5-9-18(21)26(29)30/h2-14H,1H3,(H,24,27)/b17-13+. The number of benzene rings is 3. The monoisotopic (exact) mass is 495 g/mol. The van der Waals surface area contributed by atoms with Crippen LogP contribution in [-0.4, -0.2) is 32.3 Å². The van der Waals surface area contributed by atoms with Gasteiger partial charge in [-0.1, -0.05) is 36.4 Å². The molecule has 3 aromatic rings. The number of hydrazine groups is 1. The van der Waals surface area contributed by atoms with Gasteiger partial charge >= 0.3 is 10.1 Å². The largest absolute Gasteiger partial charge is 0.493 e. The summed E-state index contributed by atoms with van der Waals surface area (Å²) in [6.07, 6.45) is 1.32. The summed E-state index contributed by atoms with van der Waals surface area (Å²) in [5.41, 5.74) is 2.54. The van der Waals surface area contributed by atoms with Gasteiger partial charge in [0, 0.05) is 6.07 Å². The summed E-state index contributed by atoms with van der Waals surface area (Å²) in [5.74, 6) is -1.45. The summed E-state index contributed by atoms with van der Waals surface area (Å²) in [7, 11) is -3.31. The van der Waals surface area contributed by atoms with Crippen LogP contribution in [-0.2, 0) is 19.7 Å². The van der Waals surface area contributed by atoms with E-state index in [1.807, 2.05) is 0 Å². The number of carbonyl (C=O) groups is 2. The molecule has 0 aromatic heterocycles. The molecular weight excluding hydrogens is 478 g/mol. The van der Waals surface area contributed by atoms with Crippen LogP contribution in [0.25, 0.3) is 6.08 Å². The van der Waals surface area contributed by atoms with Gasteiger partial charge in [0.05, 0.1) is 17.7 Å². The van der Waals surface area contributed by atoms with E-state index >= 15 is 0 Å². The third-order valence-corrected chi connectivity index (χ3v) is 6.22. The number of para-hydroxylation sites is 2. The molecule has 0 saturated carbocycles. The van der Waals surface area contributed by atoms with Crippen LogP contribution in [0.5, 0.6) is 11.5 Å². The van der Waals surface area contributed by atoms with Gasteiger partial charge in [-0.05, 0) is 42.0 Å². The summed E-state index contributed by atoms with van der Waals surface area (Å²) >= 11 is 0. The molecule has 12 heteroatoms. The van der Waals surface area contributed by atoms with Crippen LogP contribution in [0.3, 0.4) is 0 Å². The lowest BCUT2D eigenvalue weighted by Gasteiger charge is -2.14. The van der Waals surface area contributed by atoms with Gasteiger partial charge in [-0.3, -0.25) is 25.1 Å². The van der Waals surface area contributed by atoms with Crippen molar-refractivity contribution in [2.45, 2.75) is 4.90 Å². The summed E-state index contributed by atoms with van der Waals surface area (Å²) in [4.78, 5) is 34.9. The third-order valence-electron chi connectivity index (χ3n) is 4.94. The molecule has 1 fully saturated rings. The number of hydrogen-bond acceptors (Lipinski definition) is 8. The van der Waals surface area contributed by atoms with Crippen LogP contribution < -0.4 is 19.4 Å². The molecule has 4 rings (SSSR count). The Morgan fingerprint density at radius 2 is 1.66 bits per heavy atom. The first-order valence-electron chi connectivity index (χ1n) is 9.99. The molecule has 178 valence electrons. The van der Waals surface area contributed by atoms with Crippen molar-refractivity contribution in [2.24, 2.45) is 0 Å². The highest BCUT2D eigenvalue weighted by molar-refractivity contribution is 7.87. The van der Waals surface area contributed by atoms with E-state index in [0.29, 0.717) is 11.3 Å². The van der Waals surface area contributed by atoms with Gasteiger partial charge in [0.25, 0.3) is 17.5 Å². The van der Waals surface area contributed by atoms with Gasteiger partial charge in [0.1, 0.15) is 5.57 Å². The first kappa shape index (κ1) is 23.4. The maximum Gasteiger partial charge on any atom is 0.346 e. The molecule has 0 spiro atoms. The number of carbonyl (C=O) groups excluding carboxylic acids is 2. The van der Waals surface area contributed by atoms with Crippen molar-refractivity contribution < 1.29 is 31.9 Å². The van der Waals surface area contributed by atoms with E-state index in [9.17, 15) is 28.1 Å². The van der Waals surface area contributed by atoms with Crippen molar-refractivity contribution >= 4 is 39.4 Å². The smallest absolute Gasteiger partial charge is 0.346 e. The highest BCUT2D eigenvalue weighted by Gasteiger charge is 2.34. The predicted octanol–water partition coefficient (Wildman–Crippen LogP) is 2.83. The summed E-state index contributed by atoms with van der Waals surface area (Å²) in [5, 5.41) is 12.3. The number of anilines is 1. The van der Waals surface area contributed by atoms with Gasteiger partial charge in [0.2, 0.25) is 0 Å². The van der Waals surface area contributed by atoms with Gasteiger partial charge in [0.15, 0.2) is 16.4 Å². The Balaban J connectivity index is 1.63. The number of hydrogen-bond donors (Lipinski definition) is 1. The van der Waals surface area contributed by atoms with Crippen molar-refractivity contribution in [1.82, 2.24) is 5.43 Å². The molecule has 35 heavy (non-hydrogen) atoms. The van der Waals surface area contributed by atoms with Crippen molar-refractivity contribution in [3.63, 3.8) is 0 Å². The summed E-state index contributed by atoms with van der Waals surface area (Å²) in [6.45, 7) is 0. The zero-order valence-corrected chi connectivity index (χ0v) is 18.9. The Kier molecular flexibility index (Phi) is 6.21. The number of ether oxygens (including phenoxy) is 1. The SMILES string of the molecule is COc1cc(/C=C2\C(=O)NN(c3ccccc3)C2=O)ccc1OS(=O)(=O)c1ccccc1[N+](=O)[O-]. The van der Waals surface area contributed by atoms with E-state index in [2.05, 4.69) is 5.43 Å². The second-order valence-electron chi connectivity index (χ2n) is 7.15. The lowest BCUT2D eigenvalue weighted by Crippen LogP contribution is -2.35. The first-order valence-corrected chi connectivity index (χ1v) is 11.4. The molecule has 1 N–H and O–H groups in total. The van der Waals surface area contributed by atoms with Crippen LogP contribution in [0, 0.1) is 10.1 Å². The number of nitro benzene ring substituents is 1. The van der Waals surface area contributed by atoms with E-state index < -0.39 is 37.4 Å². The van der Waals surface area contributed by atoms with Gasteiger partial charge in [-0.15, -0.1) is 0 Å². The highest BCUT2D eigenvalue weighted by atomic mass is 32.2. The minimum Gasteiger partial charge on any atom is -0.493 e. The van der Waals surface area contributed by atoms with Crippen molar-refractivity contribution in [3.05, 3.63) is 94.0 Å². The van der Waals surface area contributed by atoms with E-state index in [1.165, 1.54) is 43.5 Å². The Labute approximate surface area is 199 Å². The average Bonchev–Trinajstić information content (AvgIpc) is 3.13. The maximum atomic E-state index is 12.8. The molecule has 0 bridgehead atoms. The zero-order chi connectivity index (χ0) is 25.2. The molecule has 1 heterocycles. The van der Waals surface area contributed by atoms with Crippen molar-refractivity contribution in [1.29, 1.82) is 0 Å². The fourth-order valence-corrected chi connectivity index (χ4v) is 4.42. The average molecular weight is 495 g/mol. The van der Waals surface area contributed by atoms with Crippen LogP contribution in [0.4, 0.5) is 11.4 Å². The lowest BCUT2D eigenvalue weighted by molar-refractivity contribution is -0.387. The molecule has 0 atom stereocenters. The van der Waals surface area contributed by atoms with Crippen molar-refractivity contribution in [2.75, 3.05) is 12.1 Å². The normalized spacial score (nSPS) is 14.7. The Hall–Kier alpha value is -4.71. The number of rotatable bonds is 7. The topological polar surface area (TPSA) is 145 Å². The second kappa shape index (κ2) is 9.27. The molecule has 3 aromatic carbocycles. The predicted molar refractivity (Wildman–Crippen MR) is 124 cm³/mol. The van der Waals surface area contributed by atoms with E-state index in [0.717, 1.165) is 17.1 Å². The van der Waals surface area contributed by atoms with Crippen LogP contribution in [0.15, 0.2) is 83.3 Å². The lowest BCUT2D eigenvalue weighted by atomic mass is 10.1. The highest BCUT2D eigenvalue weighted by Crippen LogP contribution is 2.34. The fourth-order valence-electron chi connectivity index (χ4n) is 3.31. The second-order valence-corrected chi connectivity index (χ2v) is 8.66. The number of methoxy groups -OCH3 is 1. The molecular formula is C23H17N3O8S. The summed E-state index contributed by atoms with van der Waals surface area (Å²) in [6, 6.07) is 17.3. The van der Waals surface area contributed by atoms with Gasteiger partial charge < -0.3 is 8.92 Å². The molecule has 1 aliphatic heterocycles. The Morgan fingerprint density at radius 1 is 0.971 bits per heavy atom. The fraction of sp³-hybridized carbons (Fsp3) is 0.0435. The molecule has 2 amide bonds. The first-order chi connectivity index (χ1) is 16.7. The molecule has 0 radical (unpaired) electrons. The molecule has 1 aliphatic rings. The van der Waals surface area contributed by atoms with Crippen LogP contribution in [0.2, 0.25) is 0 Å². The number of nitro groups is 1. The minimum absolute atomic E-state index is 0.0349. The number of amides is 2. The van der Waals surface area contributed by atoms with Crippen LogP contribution in [0.1, 0.15) is 5.56 Å².